The third kappa shape index (κ3) is 3.14. The van der Waals surface area contributed by atoms with Crippen molar-refractivity contribution in [2.75, 3.05) is 0 Å². The van der Waals surface area contributed by atoms with E-state index in [9.17, 15) is 0 Å². The average Bonchev–Trinajstić information content (AvgIpc) is 3.53. The molecule has 4 fully saturated rings. The SMILES string of the molecule is c1ccc2c(c1)c1ccccc1n2-c1cncc(-n2c3ccccc3c3cc(C45CC6CC(CC(C6)C4)C5)ccc32)c1. The fourth-order valence-corrected chi connectivity index (χ4v) is 9.91. The van der Waals surface area contributed by atoms with Crippen LogP contribution in [0.2, 0.25) is 0 Å². The summed E-state index contributed by atoms with van der Waals surface area (Å²) in [5.74, 6) is 2.84. The van der Waals surface area contributed by atoms with E-state index in [4.69, 9.17) is 4.98 Å². The quantitative estimate of drug-likeness (QED) is 0.217. The molecule has 7 aromatic rings. The molecule has 3 aromatic heterocycles. The first-order valence-corrected chi connectivity index (χ1v) is 15.7. The van der Waals surface area contributed by atoms with Gasteiger partial charge in [-0.15, -0.1) is 0 Å². The van der Waals surface area contributed by atoms with Crippen molar-refractivity contribution in [2.24, 2.45) is 17.8 Å². The largest absolute Gasteiger partial charge is 0.308 e. The lowest BCUT2D eigenvalue weighted by molar-refractivity contribution is -0.00512. The van der Waals surface area contributed by atoms with E-state index in [-0.39, 0.29) is 0 Å². The minimum absolute atomic E-state index is 0.393. The molecule has 0 N–H and O–H groups in total. The van der Waals surface area contributed by atoms with Gasteiger partial charge in [0.2, 0.25) is 0 Å². The van der Waals surface area contributed by atoms with Gasteiger partial charge in [-0.25, -0.2) is 0 Å². The van der Waals surface area contributed by atoms with Crippen LogP contribution in [0.4, 0.5) is 0 Å². The summed E-state index contributed by atoms with van der Waals surface area (Å²) in [5.41, 5.74) is 9.10. The molecular weight excluding hydrogens is 510 g/mol. The topological polar surface area (TPSA) is 22.8 Å². The zero-order valence-electron chi connectivity index (χ0n) is 23.7. The summed E-state index contributed by atoms with van der Waals surface area (Å²) in [7, 11) is 0. The zero-order valence-corrected chi connectivity index (χ0v) is 23.7. The van der Waals surface area contributed by atoms with Crippen molar-refractivity contribution in [3.63, 3.8) is 0 Å². The van der Waals surface area contributed by atoms with Gasteiger partial charge in [0.25, 0.3) is 0 Å². The number of rotatable bonds is 3. The minimum atomic E-state index is 0.393. The number of para-hydroxylation sites is 3. The number of hydrogen-bond acceptors (Lipinski definition) is 1. The van der Waals surface area contributed by atoms with E-state index in [0.717, 1.165) is 29.1 Å². The Balaban J connectivity index is 1.17. The third-order valence-electron chi connectivity index (χ3n) is 11.1. The van der Waals surface area contributed by atoms with Gasteiger partial charge in [0.05, 0.1) is 45.8 Å². The lowest BCUT2D eigenvalue weighted by atomic mass is 9.48. The normalized spacial score (nSPS) is 24.9. The van der Waals surface area contributed by atoms with Crippen molar-refractivity contribution in [2.45, 2.75) is 43.9 Å². The lowest BCUT2D eigenvalue weighted by Crippen LogP contribution is -2.48. The van der Waals surface area contributed by atoms with E-state index in [0.29, 0.717) is 5.41 Å². The van der Waals surface area contributed by atoms with E-state index in [1.807, 2.05) is 12.4 Å². The van der Waals surface area contributed by atoms with Gasteiger partial charge in [-0.1, -0.05) is 60.7 Å². The smallest absolute Gasteiger partial charge is 0.0666 e. The molecule has 4 bridgehead atoms. The Morgan fingerprint density at radius 1 is 0.500 bits per heavy atom. The molecule has 0 aliphatic heterocycles. The first-order valence-electron chi connectivity index (χ1n) is 15.7. The van der Waals surface area contributed by atoms with Gasteiger partial charge in [-0.05, 0) is 104 Å². The Morgan fingerprint density at radius 2 is 0.952 bits per heavy atom. The maximum atomic E-state index is 4.83. The van der Waals surface area contributed by atoms with Gasteiger partial charge in [-0.2, -0.15) is 0 Å². The summed E-state index contributed by atoms with van der Waals surface area (Å²) in [5, 5.41) is 5.25. The van der Waals surface area contributed by atoms with Crippen LogP contribution >= 0.6 is 0 Å². The monoisotopic (exact) mass is 543 g/mol. The van der Waals surface area contributed by atoms with Crippen molar-refractivity contribution < 1.29 is 0 Å². The molecule has 42 heavy (non-hydrogen) atoms. The van der Waals surface area contributed by atoms with Crippen LogP contribution in [0.5, 0.6) is 0 Å². The first-order chi connectivity index (χ1) is 20.7. The van der Waals surface area contributed by atoms with Crippen molar-refractivity contribution in [1.82, 2.24) is 14.1 Å². The van der Waals surface area contributed by atoms with Crippen molar-refractivity contribution in [1.29, 1.82) is 0 Å². The molecule has 3 heteroatoms. The van der Waals surface area contributed by atoms with E-state index in [1.54, 1.807) is 5.56 Å². The summed E-state index contributed by atoms with van der Waals surface area (Å²) in [4.78, 5) is 4.83. The van der Waals surface area contributed by atoms with E-state index in [1.165, 1.54) is 82.1 Å². The Bertz CT molecular complexity index is 2110. The maximum absolute atomic E-state index is 4.83. The molecule has 0 amide bonds. The second-order valence-corrected chi connectivity index (χ2v) is 13.6. The van der Waals surface area contributed by atoms with Crippen LogP contribution in [0.25, 0.3) is 55.0 Å². The fraction of sp³-hybridized carbons (Fsp3) is 0.256. The van der Waals surface area contributed by atoms with Crippen molar-refractivity contribution in [3.05, 3.63) is 115 Å². The summed E-state index contributed by atoms with van der Waals surface area (Å²) in [6, 6.07) is 36.1. The molecule has 3 heterocycles. The standard InChI is InChI=1S/C39H33N3/c1-4-10-35-31(7-1)32-8-2-5-11-36(32)41(35)29-19-30(24-40-23-29)42-37-12-6-3-9-33(37)34-18-28(13-14-38(34)42)39-20-25-15-26(21-39)17-27(16-25)22-39/h1-14,18-19,23-27H,15-17,20-22H2. The van der Waals surface area contributed by atoms with Crippen LogP contribution in [-0.4, -0.2) is 14.1 Å². The molecule has 4 aromatic carbocycles. The molecule has 4 aliphatic rings. The van der Waals surface area contributed by atoms with Gasteiger partial charge in [-0.3, -0.25) is 4.98 Å². The van der Waals surface area contributed by atoms with Crippen molar-refractivity contribution >= 4 is 43.6 Å². The predicted molar refractivity (Wildman–Crippen MR) is 173 cm³/mol. The Hall–Kier alpha value is -4.37. The number of hydrogen-bond donors (Lipinski definition) is 0. The van der Waals surface area contributed by atoms with E-state index >= 15 is 0 Å². The van der Waals surface area contributed by atoms with Crippen LogP contribution in [0.15, 0.2) is 109 Å². The third-order valence-corrected chi connectivity index (χ3v) is 11.1. The molecule has 0 unspecified atom stereocenters. The highest BCUT2D eigenvalue weighted by atomic mass is 15.0. The van der Waals surface area contributed by atoms with Gasteiger partial charge >= 0.3 is 0 Å². The molecule has 11 rings (SSSR count). The zero-order chi connectivity index (χ0) is 27.4. The fourth-order valence-electron chi connectivity index (χ4n) is 9.91. The Labute approximate surface area is 245 Å². The second-order valence-electron chi connectivity index (χ2n) is 13.6. The number of nitrogens with zero attached hydrogens (tertiary/aromatic N) is 3. The second kappa shape index (κ2) is 8.35. The highest BCUT2D eigenvalue weighted by molar-refractivity contribution is 6.10. The molecule has 204 valence electrons. The molecule has 0 radical (unpaired) electrons. The molecular formula is C39H33N3. The molecule has 4 aliphatic carbocycles. The number of pyridine rings is 1. The summed E-state index contributed by atoms with van der Waals surface area (Å²) >= 11 is 0. The van der Waals surface area contributed by atoms with Crippen LogP contribution in [0.3, 0.4) is 0 Å². The number of fused-ring (bicyclic) bond motifs is 6. The Kier molecular flexibility index (Phi) is 4.62. The van der Waals surface area contributed by atoms with Crippen LogP contribution in [-0.2, 0) is 5.41 Å². The highest BCUT2D eigenvalue weighted by Crippen LogP contribution is 2.61. The predicted octanol–water partition coefficient (Wildman–Crippen LogP) is 9.74. The minimum Gasteiger partial charge on any atom is -0.308 e. The molecule has 4 saturated carbocycles. The first kappa shape index (κ1) is 23.2. The van der Waals surface area contributed by atoms with Crippen LogP contribution in [0, 0.1) is 17.8 Å². The molecule has 0 atom stereocenters. The highest BCUT2D eigenvalue weighted by Gasteiger charge is 2.51. The van der Waals surface area contributed by atoms with Gasteiger partial charge in [0.1, 0.15) is 0 Å². The lowest BCUT2D eigenvalue weighted by Gasteiger charge is -2.57. The van der Waals surface area contributed by atoms with Crippen LogP contribution < -0.4 is 0 Å². The molecule has 0 saturated heterocycles. The Morgan fingerprint density at radius 3 is 1.48 bits per heavy atom. The summed E-state index contributed by atoms with van der Waals surface area (Å²) in [6.07, 6.45) is 12.7. The molecule has 3 nitrogen and oxygen atoms in total. The summed E-state index contributed by atoms with van der Waals surface area (Å²) < 4.78 is 4.79. The average molecular weight is 544 g/mol. The van der Waals surface area contributed by atoms with Gasteiger partial charge < -0.3 is 9.13 Å². The number of benzene rings is 4. The number of aromatic nitrogens is 3. The van der Waals surface area contributed by atoms with Gasteiger partial charge in [0.15, 0.2) is 0 Å². The van der Waals surface area contributed by atoms with E-state index in [2.05, 4.69) is 106 Å². The van der Waals surface area contributed by atoms with Crippen molar-refractivity contribution in [3.8, 4) is 11.4 Å². The molecule has 0 spiro atoms. The summed E-state index contributed by atoms with van der Waals surface area (Å²) in [6.45, 7) is 0. The van der Waals surface area contributed by atoms with Gasteiger partial charge in [0, 0.05) is 21.5 Å². The van der Waals surface area contributed by atoms with E-state index < -0.39 is 0 Å². The maximum Gasteiger partial charge on any atom is 0.0666 e. The van der Waals surface area contributed by atoms with Crippen LogP contribution in [0.1, 0.15) is 44.1 Å².